The van der Waals surface area contributed by atoms with E-state index in [9.17, 15) is 8.42 Å². The average molecular weight is 343 g/mol. The van der Waals surface area contributed by atoms with Gasteiger partial charge in [-0.2, -0.15) is 0 Å². The van der Waals surface area contributed by atoms with Crippen LogP contribution in [-0.4, -0.2) is 32.0 Å². The maximum Gasteiger partial charge on any atom is 0.494 e. The average Bonchev–Trinajstić information content (AvgIpc) is 3.18. The highest BCUT2D eigenvalue weighted by molar-refractivity contribution is 7.92. The molecular formula is C15H20BClO4S. The molecule has 0 amide bonds. The molecule has 7 heteroatoms. The summed E-state index contributed by atoms with van der Waals surface area (Å²) in [5.41, 5.74) is -0.149. The first-order chi connectivity index (χ1) is 10.0. The smallest absolute Gasteiger partial charge is 0.399 e. The van der Waals surface area contributed by atoms with Gasteiger partial charge in [-0.1, -0.05) is 17.7 Å². The summed E-state index contributed by atoms with van der Waals surface area (Å²) in [7, 11) is -3.84. The molecule has 1 aromatic carbocycles. The Hall–Kier alpha value is -0.555. The third-order valence-electron chi connectivity index (χ3n) is 4.75. The molecule has 3 rings (SSSR count). The summed E-state index contributed by atoms with van der Waals surface area (Å²) in [6, 6.07) is 4.93. The van der Waals surface area contributed by atoms with Crippen LogP contribution in [0.4, 0.5) is 0 Å². The van der Waals surface area contributed by atoms with Gasteiger partial charge >= 0.3 is 7.12 Å². The van der Waals surface area contributed by atoms with Gasteiger partial charge in [-0.25, -0.2) is 8.42 Å². The van der Waals surface area contributed by atoms with Crippen LogP contribution in [0.5, 0.6) is 0 Å². The summed E-state index contributed by atoms with van der Waals surface area (Å²) in [6.45, 7) is 7.89. The van der Waals surface area contributed by atoms with Gasteiger partial charge in [0.1, 0.15) is 0 Å². The van der Waals surface area contributed by atoms with Crippen molar-refractivity contribution in [1.29, 1.82) is 0 Å². The molecule has 0 unspecified atom stereocenters. The van der Waals surface area contributed by atoms with Crippen molar-refractivity contribution in [2.45, 2.75) is 61.9 Å². The van der Waals surface area contributed by atoms with Crippen LogP contribution in [-0.2, 0) is 19.1 Å². The highest BCUT2D eigenvalue weighted by Gasteiger charge is 2.51. The monoisotopic (exact) mass is 342 g/mol. The van der Waals surface area contributed by atoms with Crippen LogP contribution in [0.15, 0.2) is 23.1 Å². The summed E-state index contributed by atoms with van der Waals surface area (Å²) in [6.07, 6.45) is 1.44. The molecule has 2 fully saturated rings. The van der Waals surface area contributed by atoms with Crippen molar-refractivity contribution in [3.8, 4) is 0 Å². The number of sulfone groups is 1. The predicted molar refractivity (Wildman–Crippen MR) is 87.4 cm³/mol. The Morgan fingerprint density at radius 1 is 1.14 bits per heavy atom. The molecule has 1 saturated carbocycles. The van der Waals surface area contributed by atoms with E-state index in [1.54, 1.807) is 18.2 Å². The first-order valence-corrected chi connectivity index (χ1v) is 9.36. The van der Waals surface area contributed by atoms with E-state index in [1.807, 2.05) is 27.7 Å². The SMILES string of the molecule is CC1(C)OB(c2ccc(S(=O)(=O)C3CC3)c(Cl)c2)OC1(C)C. The molecule has 0 atom stereocenters. The Balaban J connectivity index is 1.91. The molecule has 0 bridgehead atoms. The van der Waals surface area contributed by atoms with E-state index in [-0.39, 0.29) is 15.2 Å². The molecule has 2 aliphatic rings. The zero-order valence-electron chi connectivity index (χ0n) is 13.2. The molecule has 1 saturated heterocycles. The van der Waals surface area contributed by atoms with Crippen molar-refractivity contribution >= 4 is 34.0 Å². The predicted octanol–water partition coefficient (Wildman–Crippen LogP) is 2.58. The highest BCUT2D eigenvalue weighted by Crippen LogP contribution is 2.38. The van der Waals surface area contributed by atoms with E-state index < -0.39 is 28.2 Å². The lowest BCUT2D eigenvalue weighted by molar-refractivity contribution is 0.00578. The topological polar surface area (TPSA) is 52.6 Å². The van der Waals surface area contributed by atoms with Crippen molar-refractivity contribution in [2.24, 2.45) is 0 Å². The van der Waals surface area contributed by atoms with Crippen LogP contribution in [0.3, 0.4) is 0 Å². The van der Waals surface area contributed by atoms with Gasteiger partial charge in [-0.15, -0.1) is 0 Å². The molecule has 4 nitrogen and oxygen atoms in total. The Morgan fingerprint density at radius 2 is 1.68 bits per heavy atom. The molecule has 1 heterocycles. The van der Waals surface area contributed by atoms with Crippen molar-refractivity contribution in [3.63, 3.8) is 0 Å². The summed E-state index contributed by atoms with van der Waals surface area (Å²) in [4.78, 5) is 0.205. The lowest BCUT2D eigenvalue weighted by atomic mass is 9.79. The van der Waals surface area contributed by atoms with Crippen molar-refractivity contribution in [1.82, 2.24) is 0 Å². The van der Waals surface area contributed by atoms with E-state index in [2.05, 4.69) is 0 Å². The fraction of sp³-hybridized carbons (Fsp3) is 0.600. The molecular weight excluding hydrogens is 322 g/mol. The van der Waals surface area contributed by atoms with Crippen LogP contribution in [0, 0.1) is 0 Å². The minimum Gasteiger partial charge on any atom is -0.399 e. The third kappa shape index (κ3) is 2.60. The molecule has 1 aliphatic heterocycles. The summed E-state index contributed by atoms with van der Waals surface area (Å²) in [5.74, 6) is 0. The zero-order chi connectivity index (χ0) is 16.3. The standard InChI is InChI=1S/C15H20BClO4S/c1-14(2)15(3,4)21-16(20-14)10-5-8-13(12(17)9-10)22(18,19)11-6-7-11/h5,8-9,11H,6-7H2,1-4H3. The highest BCUT2D eigenvalue weighted by atomic mass is 35.5. The second-order valence-corrected chi connectivity index (χ2v) is 9.63. The fourth-order valence-corrected chi connectivity index (χ4v) is 4.65. The molecule has 0 N–H and O–H groups in total. The number of halogens is 1. The summed E-state index contributed by atoms with van der Waals surface area (Å²) in [5, 5.41) is -0.0354. The fourth-order valence-electron chi connectivity index (χ4n) is 2.43. The molecule has 0 aromatic heterocycles. The Labute approximate surface area is 137 Å². The first kappa shape index (κ1) is 16.3. The van der Waals surface area contributed by atoms with Crippen molar-refractivity contribution in [3.05, 3.63) is 23.2 Å². The van der Waals surface area contributed by atoms with Gasteiger partial charge in [0.05, 0.1) is 26.4 Å². The van der Waals surface area contributed by atoms with E-state index in [0.717, 1.165) is 18.3 Å². The van der Waals surface area contributed by atoms with E-state index in [0.29, 0.717) is 0 Å². The lowest BCUT2D eigenvalue weighted by Gasteiger charge is -2.32. The zero-order valence-corrected chi connectivity index (χ0v) is 14.8. The Kier molecular flexibility index (Phi) is 3.68. The van der Waals surface area contributed by atoms with E-state index >= 15 is 0 Å². The van der Waals surface area contributed by atoms with E-state index in [4.69, 9.17) is 20.9 Å². The largest absolute Gasteiger partial charge is 0.494 e. The van der Waals surface area contributed by atoms with Crippen molar-refractivity contribution < 1.29 is 17.7 Å². The number of hydrogen-bond donors (Lipinski definition) is 0. The van der Waals surface area contributed by atoms with Gasteiger partial charge < -0.3 is 9.31 Å². The minimum atomic E-state index is -3.30. The Morgan fingerprint density at radius 3 is 2.14 bits per heavy atom. The quantitative estimate of drug-likeness (QED) is 0.792. The van der Waals surface area contributed by atoms with Crippen LogP contribution in [0.25, 0.3) is 0 Å². The minimum absolute atomic E-state index is 0.205. The molecule has 0 spiro atoms. The summed E-state index contributed by atoms with van der Waals surface area (Å²) >= 11 is 6.22. The number of hydrogen-bond acceptors (Lipinski definition) is 4. The molecule has 22 heavy (non-hydrogen) atoms. The summed E-state index contributed by atoms with van der Waals surface area (Å²) < 4.78 is 36.5. The van der Waals surface area contributed by atoms with Gasteiger partial charge in [0.25, 0.3) is 0 Å². The van der Waals surface area contributed by atoms with Crippen LogP contribution in [0.2, 0.25) is 5.02 Å². The maximum atomic E-state index is 12.3. The van der Waals surface area contributed by atoms with Gasteiger partial charge in [0.2, 0.25) is 0 Å². The maximum absolute atomic E-state index is 12.3. The Bertz CT molecular complexity index is 694. The lowest BCUT2D eigenvalue weighted by Crippen LogP contribution is -2.41. The van der Waals surface area contributed by atoms with Gasteiger partial charge in [0.15, 0.2) is 9.84 Å². The van der Waals surface area contributed by atoms with Crippen LogP contribution >= 0.6 is 11.6 Å². The van der Waals surface area contributed by atoms with Crippen molar-refractivity contribution in [2.75, 3.05) is 0 Å². The normalized spacial score (nSPS) is 23.8. The number of rotatable bonds is 3. The third-order valence-corrected chi connectivity index (χ3v) is 7.49. The first-order valence-electron chi connectivity index (χ1n) is 7.44. The van der Waals surface area contributed by atoms with Gasteiger partial charge in [-0.05, 0) is 58.1 Å². The van der Waals surface area contributed by atoms with Gasteiger partial charge in [-0.3, -0.25) is 0 Å². The molecule has 1 aromatic rings. The number of benzene rings is 1. The second-order valence-electron chi connectivity index (χ2n) is 7.02. The molecule has 120 valence electrons. The molecule has 0 radical (unpaired) electrons. The second kappa shape index (κ2) is 4.97. The van der Waals surface area contributed by atoms with E-state index in [1.165, 1.54) is 0 Å². The molecule has 1 aliphatic carbocycles. The van der Waals surface area contributed by atoms with Crippen LogP contribution < -0.4 is 5.46 Å². The van der Waals surface area contributed by atoms with Gasteiger partial charge in [0, 0.05) is 0 Å². The van der Waals surface area contributed by atoms with Crippen LogP contribution in [0.1, 0.15) is 40.5 Å².